The molecule has 0 aliphatic carbocycles. The van der Waals surface area contributed by atoms with Crippen molar-refractivity contribution in [3.05, 3.63) is 0 Å². The summed E-state index contributed by atoms with van der Waals surface area (Å²) in [5.41, 5.74) is -0.0279. The Hall–Kier alpha value is -0.120. The molecule has 2 aliphatic heterocycles. The summed E-state index contributed by atoms with van der Waals surface area (Å²) in [5.74, 6) is 0.842. The highest BCUT2D eigenvalue weighted by Gasteiger charge is 2.33. The topological polar surface area (TPSA) is 58.1 Å². The molecule has 2 saturated heterocycles. The molecule has 0 aromatic heterocycles. The molecule has 0 saturated carbocycles. The van der Waals surface area contributed by atoms with Crippen LogP contribution in [0.3, 0.4) is 0 Å². The Labute approximate surface area is 170 Å². The molecular weight excluding hydrogens is 431 g/mol. The van der Waals surface area contributed by atoms with E-state index in [-0.39, 0.29) is 47.3 Å². The zero-order valence-electron chi connectivity index (χ0n) is 16.7. The maximum Gasteiger partial charge on any atom is 0.191 e. The molecule has 3 atom stereocenters. The molecule has 0 amide bonds. The van der Waals surface area contributed by atoms with E-state index in [2.05, 4.69) is 55.1 Å². The van der Waals surface area contributed by atoms with E-state index in [1.807, 2.05) is 7.05 Å². The first-order chi connectivity index (χ1) is 11.2. The predicted octanol–water partition coefficient (Wildman–Crippen LogP) is 2.23. The van der Waals surface area contributed by atoms with Crippen LogP contribution < -0.4 is 10.6 Å². The van der Waals surface area contributed by atoms with Crippen molar-refractivity contribution in [1.29, 1.82) is 0 Å². The van der Waals surface area contributed by atoms with Gasteiger partial charge in [0, 0.05) is 45.4 Å². The van der Waals surface area contributed by atoms with Crippen molar-refractivity contribution in [3.8, 4) is 0 Å². The van der Waals surface area contributed by atoms with Crippen LogP contribution >= 0.6 is 24.0 Å². The van der Waals surface area contributed by atoms with E-state index < -0.39 is 0 Å². The van der Waals surface area contributed by atoms with Gasteiger partial charge in [-0.15, -0.1) is 24.0 Å². The molecule has 2 aliphatic rings. The lowest BCUT2D eigenvalue weighted by atomic mass is 10.00. The van der Waals surface area contributed by atoms with Crippen LogP contribution in [-0.4, -0.2) is 74.0 Å². The Balaban J connectivity index is 0.00000312. The van der Waals surface area contributed by atoms with E-state index in [0.717, 1.165) is 51.6 Å². The van der Waals surface area contributed by atoms with Gasteiger partial charge >= 0.3 is 0 Å². The van der Waals surface area contributed by atoms with Gasteiger partial charge in [-0.05, 0) is 47.5 Å². The number of hydrogen-bond acceptors (Lipinski definition) is 4. The molecule has 2 fully saturated rings. The van der Waals surface area contributed by atoms with Gasteiger partial charge < -0.3 is 20.1 Å². The fourth-order valence-corrected chi connectivity index (χ4v) is 3.55. The molecule has 2 N–H and O–H groups in total. The highest BCUT2D eigenvalue weighted by atomic mass is 127. The molecule has 6 nitrogen and oxygen atoms in total. The van der Waals surface area contributed by atoms with E-state index in [1.54, 1.807) is 0 Å². The summed E-state index contributed by atoms with van der Waals surface area (Å²) in [5, 5.41) is 6.89. The smallest absolute Gasteiger partial charge is 0.191 e. The first-order valence-electron chi connectivity index (χ1n) is 9.23. The number of halogens is 1. The number of aliphatic imine (C=N–C) groups is 1. The molecule has 0 spiro atoms. The molecule has 25 heavy (non-hydrogen) atoms. The second-order valence-corrected chi connectivity index (χ2v) is 8.16. The van der Waals surface area contributed by atoms with Gasteiger partial charge in [0.15, 0.2) is 5.96 Å². The third kappa shape index (κ3) is 6.84. The average molecular weight is 468 g/mol. The molecule has 0 bridgehead atoms. The van der Waals surface area contributed by atoms with E-state index in [1.165, 1.54) is 0 Å². The Kier molecular flexibility index (Phi) is 8.90. The minimum Gasteiger partial charge on any atom is -0.373 e. The van der Waals surface area contributed by atoms with E-state index >= 15 is 0 Å². The van der Waals surface area contributed by atoms with Crippen molar-refractivity contribution in [2.75, 3.05) is 39.8 Å². The zero-order valence-corrected chi connectivity index (χ0v) is 19.1. The summed E-state index contributed by atoms with van der Waals surface area (Å²) in [6.07, 6.45) is 2.81. The fourth-order valence-electron chi connectivity index (χ4n) is 3.55. The summed E-state index contributed by atoms with van der Waals surface area (Å²) in [6, 6.07) is 0. The van der Waals surface area contributed by atoms with E-state index in [4.69, 9.17) is 9.47 Å². The number of rotatable bonds is 5. The monoisotopic (exact) mass is 468 g/mol. The van der Waals surface area contributed by atoms with Crippen LogP contribution in [0.5, 0.6) is 0 Å². The number of nitrogens with zero attached hydrogens (tertiary/aromatic N) is 2. The van der Waals surface area contributed by atoms with Crippen molar-refractivity contribution < 1.29 is 9.47 Å². The van der Waals surface area contributed by atoms with Crippen molar-refractivity contribution in [2.45, 2.75) is 70.8 Å². The number of nitrogens with one attached hydrogen (secondary N) is 2. The number of hydrogen-bond donors (Lipinski definition) is 2. The number of guanidine groups is 1. The van der Waals surface area contributed by atoms with E-state index in [0.29, 0.717) is 0 Å². The minimum atomic E-state index is -0.0673. The lowest BCUT2D eigenvalue weighted by Gasteiger charge is -2.45. The minimum absolute atomic E-state index is 0. The number of morpholine rings is 1. The van der Waals surface area contributed by atoms with Gasteiger partial charge in [-0.2, -0.15) is 0 Å². The molecule has 2 rings (SSSR count). The average Bonchev–Trinajstić information content (AvgIpc) is 2.93. The third-order valence-corrected chi connectivity index (χ3v) is 5.12. The molecule has 0 aromatic rings. The summed E-state index contributed by atoms with van der Waals surface area (Å²) >= 11 is 0. The summed E-state index contributed by atoms with van der Waals surface area (Å²) < 4.78 is 11.7. The Bertz CT molecular complexity index is 429. The van der Waals surface area contributed by atoms with Crippen molar-refractivity contribution in [3.63, 3.8) is 0 Å². The maximum absolute atomic E-state index is 5.85. The Morgan fingerprint density at radius 1 is 1.24 bits per heavy atom. The van der Waals surface area contributed by atoms with Crippen LogP contribution in [0.1, 0.15) is 47.5 Å². The van der Waals surface area contributed by atoms with Crippen LogP contribution in [0.4, 0.5) is 0 Å². The van der Waals surface area contributed by atoms with Gasteiger partial charge in [0.25, 0.3) is 0 Å². The second kappa shape index (κ2) is 9.71. The Morgan fingerprint density at radius 2 is 1.88 bits per heavy atom. The van der Waals surface area contributed by atoms with Gasteiger partial charge in [0.05, 0.1) is 17.8 Å². The van der Waals surface area contributed by atoms with Crippen LogP contribution in [0, 0.1) is 0 Å². The summed E-state index contributed by atoms with van der Waals surface area (Å²) in [4.78, 5) is 6.86. The molecule has 0 radical (unpaired) electrons. The maximum atomic E-state index is 5.85. The quantitative estimate of drug-likeness (QED) is 0.368. The lowest BCUT2D eigenvalue weighted by Crippen LogP contribution is -2.59. The Morgan fingerprint density at radius 3 is 2.40 bits per heavy atom. The largest absolute Gasteiger partial charge is 0.373 e. The van der Waals surface area contributed by atoms with Crippen molar-refractivity contribution >= 4 is 29.9 Å². The summed E-state index contributed by atoms with van der Waals surface area (Å²) in [7, 11) is 1.82. The van der Waals surface area contributed by atoms with Crippen LogP contribution in [0.2, 0.25) is 0 Å². The highest BCUT2D eigenvalue weighted by Crippen LogP contribution is 2.24. The second-order valence-electron chi connectivity index (χ2n) is 8.16. The molecular formula is C18H37IN4O2. The first-order valence-corrected chi connectivity index (χ1v) is 9.23. The third-order valence-electron chi connectivity index (χ3n) is 5.12. The van der Waals surface area contributed by atoms with Crippen LogP contribution in [0.15, 0.2) is 4.99 Å². The highest BCUT2D eigenvalue weighted by molar-refractivity contribution is 14.0. The molecule has 148 valence electrons. The van der Waals surface area contributed by atoms with Crippen molar-refractivity contribution in [1.82, 2.24) is 15.5 Å². The predicted molar refractivity (Wildman–Crippen MR) is 114 cm³/mol. The number of ether oxygens (including phenoxy) is 2. The zero-order chi connectivity index (χ0) is 17.8. The fraction of sp³-hybridized carbons (Fsp3) is 0.944. The normalized spacial score (nSPS) is 31.5. The first kappa shape index (κ1) is 22.9. The van der Waals surface area contributed by atoms with Gasteiger partial charge in [0.1, 0.15) is 0 Å². The summed E-state index contributed by atoms with van der Waals surface area (Å²) in [6.45, 7) is 15.4. The van der Waals surface area contributed by atoms with E-state index in [9.17, 15) is 0 Å². The SMILES string of the molecule is CN=C(NCC1(C)CCCO1)NCC(C)(C)N1CC(C)OC(C)C1.I. The lowest BCUT2D eigenvalue weighted by molar-refractivity contribution is -0.0946. The molecule has 7 heteroatoms. The van der Waals surface area contributed by atoms with Crippen LogP contribution in [0.25, 0.3) is 0 Å². The molecule has 0 aromatic carbocycles. The van der Waals surface area contributed by atoms with Gasteiger partial charge in [0.2, 0.25) is 0 Å². The van der Waals surface area contributed by atoms with Crippen molar-refractivity contribution in [2.24, 2.45) is 4.99 Å². The van der Waals surface area contributed by atoms with Gasteiger partial charge in [-0.3, -0.25) is 9.89 Å². The molecule has 2 heterocycles. The molecule has 3 unspecified atom stereocenters. The van der Waals surface area contributed by atoms with Gasteiger partial charge in [-0.1, -0.05) is 0 Å². The standard InChI is InChI=1S/C18H36N4O2.HI/c1-14-10-22(11-15(2)24-14)17(3,4)12-20-16(19-6)21-13-18(5)8-7-9-23-18;/h14-15H,7-13H2,1-6H3,(H2,19,20,21);1H. The van der Waals surface area contributed by atoms with Gasteiger partial charge in [-0.25, -0.2) is 0 Å². The van der Waals surface area contributed by atoms with Crippen LogP contribution in [-0.2, 0) is 9.47 Å².